The van der Waals surface area contributed by atoms with Crippen molar-refractivity contribution in [1.82, 2.24) is 4.98 Å². The van der Waals surface area contributed by atoms with Gasteiger partial charge in [0.2, 0.25) is 0 Å². The maximum Gasteiger partial charge on any atom is 0.346 e. The second kappa shape index (κ2) is 5.76. The van der Waals surface area contributed by atoms with E-state index in [0.717, 1.165) is 11.3 Å². The second-order valence-corrected chi connectivity index (χ2v) is 6.35. The van der Waals surface area contributed by atoms with Crippen molar-refractivity contribution in [1.29, 1.82) is 0 Å². The number of aromatic carboxylic acids is 1. The molecule has 4 nitrogen and oxygen atoms in total. The molecule has 0 aliphatic carbocycles. The average Bonchev–Trinajstić information content (AvgIpc) is 2.83. The van der Waals surface area contributed by atoms with Crippen molar-refractivity contribution in [3.63, 3.8) is 0 Å². The SMILES string of the molecule is Cc1c(C(=O)O)sc2c(Cl)ncc(Oc3ccc(Cl)cc3)c12. The van der Waals surface area contributed by atoms with Crippen molar-refractivity contribution in [2.24, 2.45) is 0 Å². The molecule has 0 saturated carbocycles. The number of hydrogen-bond acceptors (Lipinski definition) is 4. The summed E-state index contributed by atoms with van der Waals surface area (Å²) in [5.41, 5.74) is 0.612. The van der Waals surface area contributed by atoms with Crippen molar-refractivity contribution in [3.05, 3.63) is 51.1 Å². The van der Waals surface area contributed by atoms with Crippen LogP contribution in [0.5, 0.6) is 11.5 Å². The molecule has 112 valence electrons. The van der Waals surface area contributed by atoms with Gasteiger partial charge >= 0.3 is 5.97 Å². The van der Waals surface area contributed by atoms with Gasteiger partial charge in [-0.05, 0) is 36.8 Å². The molecule has 0 radical (unpaired) electrons. The van der Waals surface area contributed by atoms with Crippen LogP contribution in [0, 0.1) is 6.92 Å². The number of aromatic nitrogens is 1. The Hall–Kier alpha value is -1.82. The first-order valence-corrected chi connectivity index (χ1v) is 7.79. The van der Waals surface area contributed by atoms with Gasteiger partial charge in [-0.3, -0.25) is 0 Å². The third-order valence-corrected chi connectivity index (χ3v) is 5.05. The number of carboxylic acid groups (broad SMARTS) is 1. The molecule has 2 aromatic heterocycles. The minimum Gasteiger partial charge on any atom is -0.477 e. The highest BCUT2D eigenvalue weighted by Gasteiger charge is 2.20. The Morgan fingerprint density at radius 2 is 1.95 bits per heavy atom. The van der Waals surface area contributed by atoms with Gasteiger partial charge in [0.25, 0.3) is 0 Å². The summed E-state index contributed by atoms with van der Waals surface area (Å²) in [5, 5.41) is 10.8. The molecule has 0 spiro atoms. The summed E-state index contributed by atoms with van der Waals surface area (Å²) in [6.07, 6.45) is 1.49. The Morgan fingerprint density at radius 1 is 1.27 bits per heavy atom. The Balaban J connectivity index is 2.15. The van der Waals surface area contributed by atoms with Gasteiger partial charge in [0, 0.05) is 10.4 Å². The quantitative estimate of drug-likeness (QED) is 0.640. The lowest BCUT2D eigenvalue weighted by Gasteiger charge is -2.08. The number of aryl methyl sites for hydroxylation is 1. The first-order valence-electron chi connectivity index (χ1n) is 6.21. The van der Waals surface area contributed by atoms with Gasteiger partial charge < -0.3 is 9.84 Å². The lowest BCUT2D eigenvalue weighted by molar-refractivity contribution is 0.0701. The van der Waals surface area contributed by atoms with E-state index in [0.29, 0.717) is 32.2 Å². The van der Waals surface area contributed by atoms with E-state index in [2.05, 4.69) is 4.98 Å². The third-order valence-electron chi connectivity index (χ3n) is 3.11. The summed E-state index contributed by atoms with van der Waals surface area (Å²) in [6, 6.07) is 6.87. The Kier molecular flexibility index (Phi) is 3.95. The number of pyridine rings is 1. The standard InChI is InChI=1S/C15H9Cl2NO3S/c1-7-11-10(21-9-4-2-8(16)3-5-9)6-18-14(17)13(11)22-12(7)15(19)20/h2-6H,1H3,(H,19,20). The van der Waals surface area contributed by atoms with E-state index in [-0.39, 0.29) is 10.0 Å². The van der Waals surface area contributed by atoms with E-state index in [1.807, 2.05) is 0 Å². The van der Waals surface area contributed by atoms with Crippen molar-refractivity contribution in [2.75, 3.05) is 0 Å². The molecule has 0 aliphatic rings. The van der Waals surface area contributed by atoms with Gasteiger partial charge in [0.05, 0.1) is 10.9 Å². The van der Waals surface area contributed by atoms with Gasteiger partial charge in [0.1, 0.15) is 15.8 Å². The normalized spacial score (nSPS) is 10.9. The third kappa shape index (κ3) is 2.63. The summed E-state index contributed by atoms with van der Waals surface area (Å²) >= 11 is 13.0. The summed E-state index contributed by atoms with van der Waals surface area (Å²) < 4.78 is 6.41. The van der Waals surface area contributed by atoms with Crippen LogP contribution in [0.3, 0.4) is 0 Å². The zero-order chi connectivity index (χ0) is 15.9. The fraction of sp³-hybridized carbons (Fsp3) is 0.0667. The van der Waals surface area contributed by atoms with Crippen LogP contribution in [0.1, 0.15) is 15.2 Å². The van der Waals surface area contributed by atoms with Crippen LogP contribution in [-0.4, -0.2) is 16.1 Å². The molecule has 3 aromatic rings. The number of fused-ring (bicyclic) bond motifs is 1. The van der Waals surface area contributed by atoms with E-state index in [1.165, 1.54) is 6.20 Å². The predicted octanol–water partition coefficient (Wildman–Crippen LogP) is 5.40. The highest BCUT2D eigenvalue weighted by atomic mass is 35.5. The topological polar surface area (TPSA) is 59.4 Å². The van der Waals surface area contributed by atoms with Gasteiger partial charge in [0.15, 0.2) is 5.75 Å². The molecule has 3 rings (SSSR count). The molecule has 7 heteroatoms. The van der Waals surface area contributed by atoms with Crippen LogP contribution < -0.4 is 4.74 Å². The number of halogens is 2. The van der Waals surface area contributed by atoms with Crippen LogP contribution >= 0.6 is 34.5 Å². The zero-order valence-corrected chi connectivity index (χ0v) is 13.6. The minimum absolute atomic E-state index is 0.228. The fourth-order valence-electron chi connectivity index (χ4n) is 2.10. The molecular weight excluding hydrogens is 345 g/mol. The van der Waals surface area contributed by atoms with Crippen LogP contribution in [0.4, 0.5) is 0 Å². The molecular formula is C15H9Cl2NO3S. The first kappa shape index (κ1) is 15.1. The van der Waals surface area contributed by atoms with Crippen LogP contribution in [0.2, 0.25) is 10.2 Å². The number of carbonyl (C=O) groups is 1. The molecule has 0 saturated heterocycles. The van der Waals surface area contributed by atoms with E-state index in [1.54, 1.807) is 31.2 Å². The second-order valence-electron chi connectivity index (χ2n) is 4.53. The largest absolute Gasteiger partial charge is 0.477 e. The van der Waals surface area contributed by atoms with E-state index >= 15 is 0 Å². The van der Waals surface area contributed by atoms with Gasteiger partial charge in [-0.25, -0.2) is 9.78 Å². The Labute approximate surface area is 139 Å². The lowest BCUT2D eigenvalue weighted by atomic mass is 10.1. The van der Waals surface area contributed by atoms with E-state index in [4.69, 9.17) is 27.9 Å². The van der Waals surface area contributed by atoms with Crippen molar-refractivity contribution >= 4 is 50.6 Å². The molecule has 2 heterocycles. The summed E-state index contributed by atoms with van der Waals surface area (Å²) in [4.78, 5) is 15.6. The van der Waals surface area contributed by atoms with Crippen LogP contribution in [-0.2, 0) is 0 Å². The zero-order valence-electron chi connectivity index (χ0n) is 11.3. The van der Waals surface area contributed by atoms with Crippen molar-refractivity contribution < 1.29 is 14.6 Å². The molecule has 1 aromatic carbocycles. The number of thiophene rings is 1. The predicted molar refractivity (Wildman–Crippen MR) is 87.9 cm³/mol. The minimum atomic E-state index is -0.993. The van der Waals surface area contributed by atoms with E-state index in [9.17, 15) is 9.90 Å². The van der Waals surface area contributed by atoms with Crippen LogP contribution in [0.25, 0.3) is 10.1 Å². The molecule has 0 bridgehead atoms. The number of ether oxygens (including phenoxy) is 1. The van der Waals surface area contributed by atoms with Gasteiger partial charge in [-0.15, -0.1) is 11.3 Å². The molecule has 22 heavy (non-hydrogen) atoms. The molecule has 0 aliphatic heterocycles. The molecule has 0 atom stereocenters. The summed E-state index contributed by atoms with van der Waals surface area (Å²) in [6.45, 7) is 1.73. The Bertz CT molecular complexity index is 875. The van der Waals surface area contributed by atoms with E-state index < -0.39 is 5.97 Å². The summed E-state index contributed by atoms with van der Waals surface area (Å²) in [5.74, 6) is 0.0486. The number of carboxylic acids is 1. The van der Waals surface area contributed by atoms with Crippen molar-refractivity contribution in [3.8, 4) is 11.5 Å². The summed E-state index contributed by atoms with van der Waals surface area (Å²) in [7, 11) is 0. The monoisotopic (exact) mass is 353 g/mol. The van der Waals surface area contributed by atoms with Crippen molar-refractivity contribution in [2.45, 2.75) is 6.92 Å². The molecule has 1 N–H and O–H groups in total. The maximum atomic E-state index is 11.3. The van der Waals surface area contributed by atoms with Gasteiger partial charge in [-0.2, -0.15) is 0 Å². The maximum absolute atomic E-state index is 11.3. The van der Waals surface area contributed by atoms with Gasteiger partial charge in [-0.1, -0.05) is 23.2 Å². The smallest absolute Gasteiger partial charge is 0.346 e. The fourth-order valence-corrected chi connectivity index (χ4v) is 3.53. The van der Waals surface area contributed by atoms with Crippen LogP contribution in [0.15, 0.2) is 30.5 Å². The number of hydrogen-bond donors (Lipinski definition) is 1. The number of benzene rings is 1. The number of nitrogens with zero attached hydrogens (tertiary/aromatic N) is 1. The lowest BCUT2D eigenvalue weighted by Crippen LogP contribution is -1.94. The molecule has 0 unspecified atom stereocenters. The highest BCUT2D eigenvalue weighted by Crippen LogP contribution is 2.41. The molecule has 0 fully saturated rings. The highest BCUT2D eigenvalue weighted by molar-refractivity contribution is 7.21. The Morgan fingerprint density at radius 3 is 2.59 bits per heavy atom. The average molecular weight is 354 g/mol. The number of rotatable bonds is 3. The first-order chi connectivity index (χ1) is 10.5. The molecule has 0 amide bonds.